The number of nitrogens with zero attached hydrogens (tertiary/aromatic N) is 4. The first-order chi connectivity index (χ1) is 23.8. The van der Waals surface area contributed by atoms with Crippen molar-refractivity contribution in [3.8, 4) is 17.0 Å². The minimum Gasteiger partial charge on any atom is -0.474 e. The summed E-state index contributed by atoms with van der Waals surface area (Å²) in [4.78, 5) is 37.2. The molecule has 2 amide bonds. The fourth-order valence-electron chi connectivity index (χ4n) is 6.55. The molecule has 0 saturated carbocycles. The first kappa shape index (κ1) is 34.1. The van der Waals surface area contributed by atoms with Gasteiger partial charge in [0.2, 0.25) is 11.8 Å². The number of halogens is 1. The molecule has 2 aliphatic heterocycles. The zero-order valence-electron chi connectivity index (χ0n) is 28.5. The third kappa shape index (κ3) is 9.23. The standard InChI is InChI=1S/C40H46FN5O3/c1-44(2)34-15-8-29(9-16-34)10-18-38(47)43-37-26-33(41)14-17-36(37)40(48)46-24-20-35(21-25-46)49-39-19-13-32(27-42-39)31-11-6-30(7-12-31)28-45-22-4-3-5-23-45/h6-9,11-17,19,26-27,35H,3-5,10,18,20-25,28H2,1-2H3,(H,43,47). The highest BCUT2D eigenvalue weighted by Crippen LogP contribution is 2.26. The molecule has 256 valence electrons. The quantitative estimate of drug-likeness (QED) is 0.183. The van der Waals surface area contributed by atoms with Crippen molar-refractivity contribution in [2.75, 3.05) is 50.5 Å². The van der Waals surface area contributed by atoms with Crippen LogP contribution < -0.4 is 15.0 Å². The van der Waals surface area contributed by atoms with Crippen LogP contribution in [0.5, 0.6) is 5.88 Å². The van der Waals surface area contributed by atoms with Crippen LogP contribution in [0.25, 0.3) is 11.1 Å². The van der Waals surface area contributed by atoms with Crippen molar-refractivity contribution in [3.63, 3.8) is 0 Å². The van der Waals surface area contributed by atoms with Gasteiger partial charge >= 0.3 is 0 Å². The number of hydrogen-bond acceptors (Lipinski definition) is 6. The summed E-state index contributed by atoms with van der Waals surface area (Å²) in [6, 6.07) is 24.6. The zero-order chi connectivity index (χ0) is 34.2. The molecule has 6 rings (SSSR count). The van der Waals surface area contributed by atoms with E-state index in [2.05, 4.69) is 39.5 Å². The van der Waals surface area contributed by atoms with E-state index in [1.54, 1.807) is 4.90 Å². The number of benzene rings is 3. The Morgan fingerprint density at radius 3 is 2.22 bits per heavy atom. The lowest BCUT2D eigenvalue weighted by atomic mass is 10.0. The van der Waals surface area contributed by atoms with E-state index in [-0.39, 0.29) is 35.6 Å². The van der Waals surface area contributed by atoms with E-state index in [9.17, 15) is 14.0 Å². The Labute approximate surface area is 288 Å². The van der Waals surface area contributed by atoms with Gasteiger partial charge in [-0.1, -0.05) is 42.8 Å². The summed E-state index contributed by atoms with van der Waals surface area (Å²) in [6.07, 6.45) is 7.74. The van der Waals surface area contributed by atoms with Crippen LogP contribution in [0.15, 0.2) is 85.1 Å². The van der Waals surface area contributed by atoms with Crippen LogP contribution in [0.1, 0.15) is 60.0 Å². The molecule has 0 bridgehead atoms. The summed E-state index contributed by atoms with van der Waals surface area (Å²) in [5.41, 5.74) is 6.08. The molecule has 49 heavy (non-hydrogen) atoms. The Kier molecular flexibility index (Phi) is 11.2. The van der Waals surface area contributed by atoms with Crippen LogP contribution in [0.4, 0.5) is 15.8 Å². The molecule has 0 atom stereocenters. The van der Waals surface area contributed by atoms with Crippen molar-refractivity contribution in [2.45, 2.75) is 57.6 Å². The van der Waals surface area contributed by atoms with Crippen LogP contribution in [0, 0.1) is 5.82 Å². The van der Waals surface area contributed by atoms with Crippen molar-refractivity contribution >= 4 is 23.2 Å². The molecule has 0 unspecified atom stereocenters. The number of carbonyl (C=O) groups excluding carboxylic acids is 2. The van der Waals surface area contributed by atoms with E-state index in [4.69, 9.17) is 4.74 Å². The minimum atomic E-state index is -0.512. The number of ether oxygens (including phenoxy) is 1. The van der Waals surface area contributed by atoms with Crippen LogP contribution in [0.2, 0.25) is 0 Å². The number of nitrogens with one attached hydrogen (secondary N) is 1. The molecule has 2 fully saturated rings. The van der Waals surface area contributed by atoms with E-state index in [0.29, 0.717) is 38.2 Å². The van der Waals surface area contributed by atoms with Crippen LogP contribution in [0.3, 0.4) is 0 Å². The first-order valence-electron chi connectivity index (χ1n) is 17.4. The van der Waals surface area contributed by atoms with Crippen molar-refractivity contribution in [3.05, 3.63) is 108 Å². The maximum absolute atomic E-state index is 14.2. The summed E-state index contributed by atoms with van der Waals surface area (Å²) in [7, 11) is 3.95. The Bertz CT molecular complexity index is 1700. The molecule has 9 heteroatoms. The highest BCUT2D eigenvalue weighted by atomic mass is 19.1. The van der Waals surface area contributed by atoms with Gasteiger partial charge in [-0.2, -0.15) is 0 Å². The van der Waals surface area contributed by atoms with E-state index in [1.165, 1.54) is 56.1 Å². The monoisotopic (exact) mass is 663 g/mol. The fraction of sp³-hybridized carbons (Fsp3) is 0.375. The molecule has 1 aromatic heterocycles. The summed E-state index contributed by atoms with van der Waals surface area (Å²) in [6.45, 7) is 4.35. The number of piperidine rings is 2. The fourth-order valence-corrected chi connectivity index (χ4v) is 6.55. The second-order valence-corrected chi connectivity index (χ2v) is 13.3. The number of likely N-dealkylation sites (tertiary alicyclic amines) is 2. The number of pyridine rings is 1. The van der Waals surface area contributed by atoms with Gasteiger partial charge in [0, 0.05) is 76.5 Å². The Hall–Kier alpha value is -4.76. The van der Waals surface area contributed by atoms with Crippen LogP contribution in [-0.2, 0) is 17.8 Å². The maximum Gasteiger partial charge on any atom is 0.255 e. The first-order valence-corrected chi connectivity index (χ1v) is 17.4. The number of carbonyl (C=O) groups is 2. The molecule has 0 spiro atoms. The topological polar surface area (TPSA) is 78.0 Å². The third-order valence-electron chi connectivity index (χ3n) is 9.47. The largest absolute Gasteiger partial charge is 0.474 e. The van der Waals surface area contributed by atoms with Gasteiger partial charge in [-0.15, -0.1) is 0 Å². The second-order valence-electron chi connectivity index (χ2n) is 13.3. The van der Waals surface area contributed by atoms with Crippen molar-refractivity contribution in [2.24, 2.45) is 0 Å². The SMILES string of the molecule is CN(C)c1ccc(CCC(=O)Nc2cc(F)ccc2C(=O)N2CCC(Oc3ccc(-c4ccc(CN5CCCCC5)cc4)cn3)CC2)cc1. The highest BCUT2D eigenvalue weighted by Gasteiger charge is 2.27. The Morgan fingerprint density at radius 1 is 0.857 bits per heavy atom. The smallest absolute Gasteiger partial charge is 0.255 e. The number of rotatable bonds is 11. The number of hydrogen-bond donors (Lipinski definition) is 1. The van der Waals surface area contributed by atoms with Crippen LogP contribution >= 0.6 is 0 Å². The highest BCUT2D eigenvalue weighted by molar-refractivity contribution is 6.03. The lowest BCUT2D eigenvalue weighted by Crippen LogP contribution is -2.42. The van der Waals surface area contributed by atoms with E-state index in [1.807, 2.05) is 61.6 Å². The molecule has 3 heterocycles. The molecule has 0 aliphatic carbocycles. The van der Waals surface area contributed by atoms with Crippen molar-refractivity contribution in [1.29, 1.82) is 0 Å². The lowest BCUT2D eigenvalue weighted by Gasteiger charge is -2.32. The Balaban J connectivity index is 0.984. The van der Waals surface area contributed by atoms with Crippen molar-refractivity contribution in [1.82, 2.24) is 14.8 Å². The predicted octanol–water partition coefficient (Wildman–Crippen LogP) is 7.19. The summed E-state index contributed by atoms with van der Waals surface area (Å²) in [5.74, 6) is -0.460. The van der Waals surface area contributed by atoms with E-state index >= 15 is 0 Å². The molecule has 8 nitrogen and oxygen atoms in total. The molecule has 0 radical (unpaired) electrons. The van der Waals surface area contributed by atoms with Gasteiger partial charge in [0.25, 0.3) is 5.91 Å². The summed E-state index contributed by atoms with van der Waals surface area (Å²) in [5, 5.41) is 2.78. The normalized spacial score (nSPS) is 15.5. The van der Waals surface area contributed by atoms with E-state index < -0.39 is 5.82 Å². The zero-order valence-corrected chi connectivity index (χ0v) is 28.5. The molecule has 2 saturated heterocycles. The predicted molar refractivity (Wildman–Crippen MR) is 192 cm³/mol. The number of anilines is 2. The molecule has 3 aromatic carbocycles. The lowest BCUT2D eigenvalue weighted by molar-refractivity contribution is -0.116. The average molecular weight is 664 g/mol. The molecule has 1 N–H and O–H groups in total. The van der Waals surface area contributed by atoms with Gasteiger partial charge in [-0.25, -0.2) is 9.37 Å². The minimum absolute atomic E-state index is 0.0735. The van der Waals surface area contributed by atoms with Gasteiger partial charge < -0.3 is 19.9 Å². The van der Waals surface area contributed by atoms with Gasteiger partial charge in [0.15, 0.2) is 0 Å². The molecular weight excluding hydrogens is 617 g/mol. The average Bonchev–Trinajstić information content (AvgIpc) is 3.12. The Morgan fingerprint density at radius 2 is 1.55 bits per heavy atom. The third-order valence-corrected chi connectivity index (χ3v) is 9.47. The number of aryl methyl sites for hydroxylation is 1. The molecule has 2 aliphatic rings. The molecule has 4 aromatic rings. The molecular formula is C40H46FN5O3. The van der Waals surface area contributed by atoms with Gasteiger partial charge in [-0.3, -0.25) is 14.5 Å². The summed E-state index contributed by atoms with van der Waals surface area (Å²) >= 11 is 0. The van der Waals surface area contributed by atoms with E-state index in [0.717, 1.165) is 28.9 Å². The van der Waals surface area contributed by atoms with Gasteiger partial charge in [0.05, 0.1) is 11.3 Å². The number of amides is 2. The second kappa shape index (κ2) is 16.1. The summed E-state index contributed by atoms with van der Waals surface area (Å²) < 4.78 is 20.4. The van der Waals surface area contributed by atoms with Gasteiger partial charge in [0.1, 0.15) is 11.9 Å². The van der Waals surface area contributed by atoms with Crippen molar-refractivity contribution < 1.29 is 18.7 Å². The maximum atomic E-state index is 14.2. The van der Waals surface area contributed by atoms with Crippen LogP contribution in [-0.4, -0.2) is 73.0 Å². The van der Waals surface area contributed by atoms with Gasteiger partial charge in [-0.05, 0) is 85.4 Å². The number of aromatic nitrogens is 1.